The van der Waals surface area contributed by atoms with Crippen LogP contribution in [0.3, 0.4) is 0 Å². The van der Waals surface area contributed by atoms with E-state index in [4.69, 9.17) is 33.7 Å². The largest absolute Gasteiger partial charge is 0.487 e. The molecule has 2 nitrogen and oxygen atoms in total. The zero-order valence-corrected chi connectivity index (χ0v) is 12.5. The van der Waals surface area contributed by atoms with Gasteiger partial charge in [0.25, 0.3) is 0 Å². The first-order valence-electron chi connectivity index (χ1n) is 6.26. The summed E-state index contributed by atoms with van der Waals surface area (Å²) >= 11 is 12.0. The summed E-state index contributed by atoms with van der Waals surface area (Å²) in [6, 6.07) is 6.56. The van der Waals surface area contributed by atoms with Crippen molar-refractivity contribution in [2.24, 2.45) is 5.73 Å². The molecule has 0 bridgehead atoms. The lowest BCUT2D eigenvalue weighted by Crippen LogP contribution is -2.06. The molecule has 2 aromatic carbocycles. The Kier molecular flexibility index (Phi) is 5.39. The molecule has 2 N–H and O–H groups in total. The van der Waals surface area contributed by atoms with Gasteiger partial charge < -0.3 is 10.5 Å². The Morgan fingerprint density at radius 3 is 2.48 bits per heavy atom. The summed E-state index contributed by atoms with van der Waals surface area (Å²) in [4.78, 5) is 0. The van der Waals surface area contributed by atoms with Gasteiger partial charge in [-0.05, 0) is 42.8 Å². The molecule has 6 heteroatoms. The van der Waals surface area contributed by atoms with Gasteiger partial charge in [-0.25, -0.2) is 8.78 Å². The molecule has 0 atom stereocenters. The minimum absolute atomic E-state index is 0.0644. The molecule has 0 saturated heterocycles. The summed E-state index contributed by atoms with van der Waals surface area (Å²) in [6.07, 6.45) is 0.529. The molecule has 0 fully saturated rings. The Morgan fingerprint density at radius 1 is 1.05 bits per heavy atom. The summed E-state index contributed by atoms with van der Waals surface area (Å²) < 4.78 is 32.0. The van der Waals surface area contributed by atoms with Crippen molar-refractivity contribution < 1.29 is 13.5 Å². The molecular weight excluding hydrogens is 319 g/mol. The fourth-order valence-electron chi connectivity index (χ4n) is 1.91. The first kappa shape index (κ1) is 16.0. The Balaban J connectivity index is 2.23. The van der Waals surface area contributed by atoms with Crippen LogP contribution < -0.4 is 10.5 Å². The van der Waals surface area contributed by atoms with Crippen molar-refractivity contribution in [1.29, 1.82) is 0 Å². The molecule has 2 aromatic rings. The molecule has 21 heavy (non-hydrogen) atoms. The highest BCUT2D eigenvalue weighted by Crippen LogP contribution is 2.33. The third kappa shape index (κ3) is 4.06. The van der Waals surface area contributed by atoms with Crippen LogP contribution in [-0.4, -0.2) is 6.54 Å². The maximum atomic E-state index is 13.6. The number of ether oxygens (including phenoxy) is 1. The molecular formula is C15H13Cl2F2NO. The molecule has 0 amide bonds. The number of hydrogen-bond donors (Lipinski definition) is 1. The second-order valence-corrected chi connectivity index (χ2v) is 5.28. The summed E-state index contributed by atoms with van der Waals surface area (Å²) in [7, 11) is 0. The van der Waals surface area contributed by atoms with E-state index >= 15 is 0 Å². The summed E-state index contributed by atoms with van der Waals surface area (Å²) in [5, 5.41) is 0.803. The van der Waals surface area contributed by atoms with Gasteiger partial charge in [0.2, 0.25) is 0 Å². The Labute approximate surface area is 131 Å². The maximum absolute atomic E-state index is 13.6. The minimum Gasteiger partial charge on any atom is -0.487 e. The predicted molar refractivity (Wildman–Crippen MR) is 79.9 cm³/mol. The van der Waals surface area contributed by atoms with Crippen molar-refractivity contribution in [2.75, 3.05) is 6.54 Å². The number of hydrogen-bond acceptors (Lipinski definition) is 2. The van der Waals surface area contributed by atoms with Crippen LogP contribution in [0.15, 0.2) is 30.3 Å². The van der Waals surface area contributed by atoms with Gasteiger partial charge in [-0.3, -0.25) is 0 Å². The van der Waals surface area contributed by atoms with Gasteiger partial charge in [0.05, 0.1) is 5.02 Å². The number of rotatable bonds is 5. The summed E-state index contributed by atoms with van der Waals surface area (Å²) in [5.41, 5.74) is 6.52. The molecule has 0 aliphatic heterocycles. The van der Waals surface area contributed by atoms with Crippen LogP contribution in [0.5, 0.6) is 5.75 Å². The summed E-state index contributed by atoms with van der Waals surface area (Å²) in [5.74, 6) is -0.889. The van der Waals surface area contributed by atoms with Gasteiger partial charge in [0.1, 0.15) is 24.0 Å². The quantitative estimate of drug-likeness (QED) is 0.883. The van der Waals surface area contributed by atoms with Crippen LogP contribution in [0.2, 0.25) is 10.0 Å². The minimum atomic E-state index is -0.666. The smallest absolute Gasteiger partial charge is 0.141 e. The first-order chi connectivity index (χ1) is 10.0. The zero-order valence-electron chi connectivity index (χ0n) is 11.0. The zero-order chi connectivity index (χ0) is 15.4. The summed E-state index contributed by atoms with van der Waals surface area (Å²) in [6.45, 7) is 0.336. The number of halogens is 4. The van der Waals surface area contributed by atoms with Crippen LogP contribution in [0, 0.1) is 11.6 Å². The van der Waals surface area contributed by atoms with Crippen LogP contribution in [-0.2, 0) is 13.0 Å². The number of nitrogens with two attached hydrogens (primary N) is 1. The van der Waals surface area contributed by atoms with Crippen LogP contribution >= 0.6 is 23.2 Å². The molecule has 0 aliphatic rings. The highest BCUT2D eigenvalue weighted by molar-refractivity contribution is 6.35. The molecule has 0 heterocycles. The van der Waals surface area contributed by atoms with Gasteiger partial charge in [-0.15, -0.1) is 0 Å². The van der Waals surface area contributed by atoms with Gasteiger partial charge in [-0.1, -0.05) is 23.2 Å². The first-order valence-corrected chi connectivity index (χ1v) is 7.01. The van der Waals surface area contributed by atoms with E-state index in [9.17, 15) is 8.78 Å². The molecule has 0 aromatic heterocycles. The van der Waals surface area contributed by atoms with E-state index in [1.54, 1.807) is 12.1 Å². The van der Waals surface area contributed by atoms with Crippen molar-refractivity contribution >= 4 is 23.2 Å². The SMILES string of the molecule is NCCc1cc(Cl)cc(Cl)c1OCc1ccc(F)cc1F. The molecule has 0 aliphatic carbocycles. The molecule has 0 radical (unpaired) electrons. The van der Waals surface area contributed by atoms with Gasteiger partial charge in [0, 0.05) is 16.7 Å². The normalized spacial score (nSPS) is 10.7. The second-order valence-electron chi connectivity index (χ2n) is 4.44. The molecule has 2 rings (SSSR count). The molecule has 0 saturated carbocycles. The van der Waals surface area contributed by atoms with Crippen molar-refractivity contribution in [3.05, 3.63) is 63.1 Å². The Hall–Kier alpha value is -1.36. The lowest BCUT2D eigenvalue weighted by molar-refractivity contribution is 0.296. The Bertz CT molecular complexity index is 650. The predicted octanol–water partition coefficient (Wildman–Crippen LogP) is 4.35. The highest BCUT2D eigenvalue weighted by Gasteiger charge is 2.12. The van der Waals surface area contributed by atoms with E-state index in [0.717, 1.165) is 11.6 Å². The highest BCUT2D eigenvalue weighted by atomic mass is 35.5. The van der Waals surface area contributed by atoms with Gasteiger partial charge in [0.15, 0.2) is 0 Å². The number of benzene rings is 2. The van der Waals surface area contributed by atoms with E-state index in [1.165, 1.54) is 12.1 Å². The maximum Gasteiger partial charge on any atom is 0.141 e. The van der Waals surface area contributed by atoms with E-state index < -0.39 is 11.6 Å². The standard InChI is InChI=1S/C15H13Cl2F2NO/c16-11-5-9(3-4-20)15(13(17)6-11)21-8-10-1-2-12(18)7-14(10)19/h1-2,5-7H,3-4,8,20H2. The monoisotopic (exact) mass is 331 g/mol. The fourth-order valence-corrected chi connectivity index (χ4v) is 2.50. The van der Waals surface area contributed by atoms with Gasteiger partial charge in [-0.2, -0.15) is 0 Å². The van der Waals surface area contributed by atoms with E-state index in [2.05, 4.69) is 0 Å². The molecule has 0 spiro atoms. The Morgan fingerprint density at radius 2 is 1.81 bits per heavy atom. The van der Waals surface area contributed by atoms with Crippen LogP contribution in [0.1, 0.15) is 11.1 Å². The van der Waals surface area contributed by atoms with Crippen molar-refractivity contribution in [3.63, 3.8) is 0 Å². The fraction of sp³-hybridized carbons (Fsp3) is 0.200. The van der Waals surface area contributed by atoms with Crippen molar-refractivity contribution in [2.45, 2.75) is 13.0 Å². The van der Waals surface area contributed by atoms with E-state index in [0.29, 0.717) is 28.8 Å². The third-order valence-electron chi connectivity index (χ3n) is 2.89. The van der Waals surface area contributed by atoms with Crippen molar-refractivity contribution in [3.8, 4) is 5.75 Å². The third-order valence-corrected chi connectivity index (χ3v) is 3.39. The van der Waals surface area contributed by atoms with Crippen molar-refractivity contribution in [1.82, 2.24) is 0 Å². The molecule has 0 unspecified atom stereocenters. The van der Waals surface area contributed by atoms with Crippen LogP contribution in [0.4, 0.5) is 8.78 Å². The molecule has 112 valence electrons. The lowest BCUT2D eigenvalue weighted by atomic mass is 10.1. The van der Waals surface area contributed by atoms with Gasteiger partial charge >= 0.3 is 0 Å². The average molecular weight is 332 g/mol. The van der Waals surface area contributed by atoms with E-state index in [-0.39, 0.29) is 12.2 Å². The van der Waals surface area contributed by atoms with E-state index in [1.807, 2.05) is 0 Å². The topological polar surface area (TPSA) is 35.2 Å². The second kappa shape index (κ2) is 7.07. The van der Waals surface area contributed by atoms with Crippen LogP contribution in [0.25, 0.3) is 0 Å². The average Bonchev–Trinajstić information content (AvgIpc) is 2.40. The lowest BCUT2D eigenvalue weighted by Gasteiger charge is -2.14.